The number of imidazole rings is 1. The van der Waals surface area contributed by atoms with Gasteiger partial charge in [-0.2, -0.15) is 0 Å². The number of fused-ring (bicyclic) bond motifs is 1. The van der Waals surface area contributed by atoms with Gasteiger partial charge in [-0.15, -0.1) is 0 Å². The lowest BCUT2D eigenvalue weighted by Gasteiger charge is -2.21. The molecule has 0 amide bonds. The number of hydrogen-bond donors (Lipinski definition) is 3. The Bertz CT molecular complexity index is 1360. The minimum Gasteiger partial charge on any atom is -0.395 e. The molecule has 0 bridgehead atoms. The summed E-state index contributed by atoms with van der Waals surface area (Å²) in [7, 11) is -3.71. The van der Waals surface area contributed by atoms with Crippen LogP contribution in [0.1, 0.15) is 25.3 Å². The second-order valence-electron chi connectivity index (χ2n) is 10.4. The summed E-state index contributed by atoms with van der Waals surface area (Å²) in [5, 5.41) is 12.5. The number of carbonyl (C=O) groups is 1. The maximum absolute atomic E-state index is 13.6. The summed E-state index contributed by atoms with van der Waals surface area (Å²) in [6, 6.07) is 9.54. The summed E-state index contributed by atoms with van der Waals surface area (Å²) in [5.41, 5.74) is 7.43. The van der Waals surface area contributed by atoms with Crippen LogP contribution in [0.5, 0.6) is 0 Å². The molecule has 1 aliphatic carbocycles. The Kier molecular flexibility index (Phi) is 9.21. The average Bonchev–Trinajstić information content (AvgIpc) is 3.25. The van der Waals surface area contributed by atoms with Crippen molar-refractivity contribution < 1.29 is 28.3 Å². The number of nitrogens with zero attached hydrogens (tertiary/aromatic N) is 4. The first-order valence-electron chi connectivity index (χ1n) is 13.3. The standard InChI is InChI=1S/C26H35N6O6PS/c1-18-10-26(18,15-33)25(34)40-8-7-37-39(35,31-11-19-5-3-2-4-6-19)38-14-21-9-20(13-36-21)12-32-17-30-22-23(27)28-16-29-24(22)32/h2-6,16-18,20-21,33H,7-15H2,1H3,(H,31,35)(H2,27,28,29)/t18?,20?,21-,26-,39?/m1/s1. The van der Waals surface area contributed by atoms with E-state index in [1.54, 1.807) is 6.33 Å². The molecule has 1 saturated heterocycles. The SMILES string of the molecule is CC1C[C@]1(CO)C(=O)SCCOP(=O)(NCc1ccccc1)OC[C@H]1CC(Cn2cnc3c(N)ncnc32)CO1. The molecule has 0 radical (unpaired) electrons. The normalized spacial score (nSPS) is 25.7. The summed E-state index contributed by atoms with van der Waals surface area (Å²) in [6.45, 7) is 3.40. The molecule has 12 nitrogen and oxygen atoms in total. The van der Waals surface area contributed by atoms with Crippen molar-refractivity contribution in [2.75, 3.05) is 37.9 Å². The molecule has 2 aromatic heterocycles. The van der Waals surface area contributed by atoms with Gasteiger partial charge in [-0.3, -0.25) is 13.8 Å². The average molecular weight is 591 g/mol. The topological polar surface area (TPSA) is 164 Å². The van der Waals surface area contributed by atoms with Crippen molar-refractivity contribution in [1.29, 1.82) is 0 Å². The molecule has 216 valence electrons. The lowest BCUT2D eigenvalue weighted by molar-refractivity contribution is -0.117. The number of aliphatic hydroxyl groups excluding tert-OH is 1. The van der Waals surface area contributed by atoms with Gasteiger partial charge in [0.2, 0.25) is 0 Å². The van der Waals surface area contributed by atoms with E-state index in [-0.39, 0.29) is 42.9 Å². The Morgan fingerprint density at radius 1 is 1.30 bits per heavy atom. The molecule has 40 heavy (non-hydrogen) atoms. The van der Waals surface area contributed by atoms with E-state index in [2.05, 4.69) is 20.0 Å². The molecule has 2 aliphatic rings. The number of carbonyl (C=O) groups excluding carboxylic acids is 1. The molecule has 0 spiro atoms. The van der Waals surface area contributed by atoms with Crippen LogP contribution < -0.4 is 10.8 Å². The number of nitrogens with two attached hydrogens (primary N) is 1. The Balaban J connectivity index is 1.13. The van der Waals surface area contributed by atoms with Crippen LogP contribution in [0.2, 0.25) is 0 Å². The Morgan fingerprint density at radius 2 is 2.10 bits per heavy atom. The van der Waals surface area contributed by atoms with Crippen molar-refractivity contribution in [2.45, 2.75) is 39.0 Å². The highest BCUT2D eigenvalue weighted by Gasteiger charge is 2.56. The van der Waals surface area contributed by atoms with E-state index in [4.69, 9.17) is 19.5 Å². The van der Waals surface area contributed by atoms with Crippen molar-refractivity contribution in [1.82, 2.24) is 24.6 Å². The van der Waals surface area contributed by atoms with E-state index in [1.807, 2.05) is 41.8 Å². The number of hydrogen-bond acceptors (Lipinski definition) is 11. The third-order valence-electron chi connectivity index (χ3n) is 7.52. The largest absolute Gasteiger partial charge is 0.405 e. The predicted molar refractivity (Wildman–Crippen MR) is 151 cm³/mol. The molecular formula is C26H35N6O6PS. The molecule has 1 aromatic carbocycles. The number of ether oxygens (including phenoxy) is 1. The van der Waals surface area contributed by atoms with Gasteiger partial charge in [0.15, 0.2) is 16.6 Å². The molecule has 1 aliphatic heterocycles. The van der Waals surface area contributed by atoms with E-state index in [9.17, 15) is 14.5 Å². The van der Waals surface area contributed by atoms with E-state index >= 15 is 0 Å². The summed E-state index contributed by atoms with van der Waals surface area (Å²) in [5.74, 6) is 1.01. The summed E-state index contributed by atoms with van der Waals surface area (Å²) >= 11 is 1.10. The lowest BCUT2D eigenvalue weighted by Crippen LogP contribution is -2.22. The molecule has 3 aromatic rings. The predicted octanol–water partition coefficient (Wildman–Crippen LogP) is 3.02. The number of benzene rings is 1. The van der Waals surface area contributed by atoms with Gasteiger partial charge in [0.25, 0.3) is 0 Å². The first kappa shape index (κ1) is 29.1. The van der Waals surface area contributed by atoms with Gasteiger partial charge in [0, 0.05) is 24.8 Å². The number of thioether (sulfide) groups is 1. The minimum absolute atomic E-state index is 0.0516. The van der Waals surface area contributed by atoms with Crippen LogP contribution in [0, 0.1) is 17.3 Å². The van der Waals surface area contributed by atoms with Crippen LogP contribution in [-0.4, -0.2) is 68.0 Å². The van der Waals surface area contributed by atoms with Crippen molar-refractivity contribution in [2.24, 2.45) is 17.3 Å². The second kappa shape index (κ2) is 12.6. The Labute approximate surface area is 237 Å². The molecule has 2 fully saturated rings. The highest BCUT2D eigenvalue weighted by molar-refractivity contribution is 8.13. The van der Waals surface area contributed by atoms with Crippen LogP contribution >= 0.6 is 19.5 Å². The van der Waals surface area contributed by atoms with Crippen molar-refractivity contribution in [3.05, 3.63) is 48.5 Å². The minimum atomic E-state index is -3.71. The van der Waals surface area contributed by atoms with Gasteiger partial charge < -0.3 is 20.1 Å². The molecule has 3 unspecified atom stereocenters. The van der Waals surface area contributed by atoms with E-state index in [0.717, 1.165) is 17.3 Å². The molecule has 1 saturated carbocycles. The van der Waals surface area contributed by atoms with Gasteiger partial charge >= 0.3 is 7.75 Å². The molecule has 14 heteroatoms. The summed E-state index contributed by atoms with van der Waals surface area (Å²) in [4.78, 5) is 25.1. The molecule has 5 atom stereocenters. The third kappa shape index (κ3) is 6.73. The molecule has 5 rings (SSSR count). The fourth-order valence-corrected chi connectivity index (χ4v) is 7.36. The Morgan fingerprint density at radius 3 is 2.85 bits per heavy atom. The number of aromatic nitrogens is 4. The van der Waals surface area contributed by atoms with Crippen LogP contribution in [-0.2, 0) is 36.2 Å². The summed E-state index contributed by atoms with van der Waals surface area (Å²) < 4.78 is 33.1. The maximum atomic E-state index is 13.6. The van der Waals surface area contributed by atoms with E-state index in [0.29, 0.717) is 55.3 Å². The lowest BCUT2D eigenvalue weighted by atomic mass is 10.1. The molecular weight excluding hydrogens is 555 g/mol. The monoisotopic (exact) mass is 590 g/mol. The van der Waals surface area contributed by atoms with Gasteiger partial charge in [-0.1, -0.05) is 49.0 Å². The van der Waals surface area contributed by atoms with E-state index in [1.165, 1.54) is 6.33 Å². The third-order valence-corrected chi connectivity index (χ3v) is 10.1. The molecule has 4 N–H and O–H groups in total. The van der Waals surface area contributed by atoms with Crippen LogP contribution in [0.4, 0.5) is 5.82 Å². The molecule has 3 heterocycles. The zero-order valence-corrected chi connectivity index (χ0v) is 24.1. The number of anilines is 1. The zero-order valence-electron chi connectivity index (χ0n) is 22.3. The number of rotatable bonds is 14. The number of aliphatic hydroxyl groups is 1. The zero-order chi connectivity index (χ0) is 28.2. The van der Waals surface area contributed by atoms with Crippen molar-refractivity contribution in [3.8, 4) is 0 Å². The highest BCUT2D eigenvalue weighted by atomic mass is 32.2. The second-order valence-corrected chi connectivity index (χ2v) is 13.3. The van der Waals surface area contributed by atoms with Gasteiger partial charge in [0.05, 0.1) is 44.3 Å². The number of nitrogens with one attached hydrogen (secondary N) is 1. The number of nitrogen functional groups attached to an aromatic ring is 1. The van der Waals surface area contributed by atoms with E-state index < -0.39 is 13.2 Å². The first-order chi connectivity index (χ1) is 19.3. The quantitative estimate of drug-likeness (QED) is 0.186. The fourth-order valence-electron chi connectivity index (χ4n) is 4.92. The maximum Gasteiger partial charge on any atom is 0.405 e. The van der Waals surface area contributed by atoms with Gasteiger partial charge in [-0.25, -0.2) is 24.6 Å². The van der Waals surface area contributed by atoms with Crippen molar-refractivity contribution >= 4 is 41.6 Å². The Hall–Kier alpha value is -2.38. The van der Waals surface area contributed by atoms with Crippen LogP contribution in [0.25, 0.3) is 11.2 Å². The fraction of sp³-hybridized carbons (Fsp3) is 0.538. The first-order valence-corrected chi connectivity index (χ1v) is 15.8. The summed E-state index contributed by atoms with van der Waals surface area (Å²) in [6.07, 6.45) is 4.25. The van der Waals surface area contributed by atoms with Gasteiger partial charge in [-0.05, 0) is 24.3 Å². The van der Waals surface area contributed by atoms with Gasteiger partial charge in [0.1, 0.15) is 11.8 Å². The van der Waals surface area contributed by atoms with Crippen LogP contribution in [0.3, 0.4) is 0 Å². The smallest absolute Gasteiger partial charge is 0.395 e. The highest BCUT2D eigenvalue weighted by Crippen LogP contribution is 2.54. The van der Waals surface area contributed by atoms with Crippen LogP contribution in [0.15, 0.2) is 43.0 Å². The van der Waals surface area contributed by atoms with Crippen molar-refractivity contribution in [3.63, 3.8) is 0 Å².